The maximum absolute atomic E-state index is 9.29. The van der Waals surface area contributed by atoms with E-state index in [4.69, 9.17) is 4.52 Å². The van der Waals surface area contributed by atoms with Gasteiger partial charge < -0.3 is 9.63 Å². The number of nitrogens with zero attached hydrogens (tertiary/aromatic N) is 5. The molecule has 8 heteroatoms. The number of aromatic nitrogens is 5. The summed E-state index contributed by atoms with van der Waals surface area (Å²) in [5.74, 6) is 1.60. The van der Waals surface area contributed by atoms with Crippen LogP contribution < -0.4 is 0 Å². The number of benzene rings is 1. The minimum Gasteiger partial charge on any atom is -0.508 e. The summed E-state index contributed by atoms with van der Waals surface area (Å²) >= 11 is 1.46. The molecule has 0 atom stereocenters. The zero-order valence-corrected chi connectivity index (χ0v) is 11.4. The summed E-state index contributed by atoms with van der Waals surface area (Å²) in [4.78, 5) is 0. The topological polar surface area (TPSA) is 89.9 Å². The van der Waals surface area contributed by atoms with Gasteiger partial charge in [0.2, 0.25) is 5.16 Å². The number of hydrogen-bond donors (Lipinski definition) is 1. The number of phenolic OH excluding ortho intramolecular Hbond substituents is 1. The molecular weight excluding hydrogens is 278 g/mol. The van der Waals surface area contributed by atoms with E-state index in [0.29, 0.717) is 10.9 Å². The lowest BCUT2D eigenvalue weighted by molar-refractivity contribution is 0.393. The molecule has 0 spiro atoms. The van der Waals surface area contributed by atoms with E-state index in [0.717, 1.165) is 17.1 Å². The number of aryl methyl sites for hydroxylation is 1. The van der Waals surface area contributed by atoms with Crippen LogP contribution in [0.15, 0.2) is 40.0 Å². The average Bonchev–Trinajstić information content (AvgIpc) is 3.06. The van der Waals surface area contributed by atoms with Crippen LogP contribution in [0.25, 0.3) is 5.69 Å². The van der Waals surface area contributed by atoms with E-state index in [9.17, 15) is 5.11 Å². The summed E-state index contributed by atoms with van der Waals surface area (Å²) in [5, 5.41) is 25.5. The molecule has 0 saturated heterocycles. The molecule has 0 aliphatic carbocycles. The van der Waals surface area contributed by atoms with E-state index in [1.807, 2.05) is 13.0 Å². The third kappa shape index (κ3) is 2.64. The number of aromatic hydroxyl groups is 1. The van der Waals surface area contributed by atoms with Gasteiger partial charge in [-0.3, -0.25) is 0 Å². The van der Waals surface area contributed by atoms with Crippen LogP contribution in [0, 0.1) is 6.92 Å². The van der Waals surface area contributed by atoms with Crippen molar-refractivity contribution in [2.45, 2.75) is 17.8 Å². The van der Waals surface area contributed by atoms with Gasteiger partial charge in [0.1, 0.15) is 11.5 Å². The standard InChI is InChI=1S/C12H11N5O2S/c1-8-6-9(14-19-8)7-20-12-13-15-16-17(12)10-2-4-11(18)5-3-10/h2-6,18H,7H2,1H3. The molecule has 0 amide bonds. The van der Waals surface area contributed by atoms with Gasteiger partial charge in [-0.2, -0.15) is 4.68 Å². The Labute approximate surface area is 118 Å². The van der Waals surface area contributed by atoms with Crippen LogP contribution >= 0.6 is 11.8 Å². The van der Waals surface area contributed by atoms with Crippen molar-refractivity contribution >= 4 is 11.8 Å². The second kappa shape index (κ2) is 5.33. The summed E-state index contributed by atoms with van der Waals surface area (Å²) in [7, 11) is 0. The van der Waals surface area contributed by atoms with Crippen LogP contribution in [-0.4, -0.2) is 30.5 Å². The number of phenols is 1. The largest absolute Gasteiger partial charge is 0.508 e. The van der Waals surface area contributed by atoms with Gasteiger partial charge in [0.25, 0.3) is 0 Å². The van der Waals surface area contributed by atoms with Gasteiger partial charge in [0, 0.05) is 11.8 Å². The minimum absolute atomic E-state index is 0.203. The average molecular weight is 289 g/mol. The Bertz CT molecular complexity index is 707. The van der Waals surface area contributed by atoms with Gasteiger partial charge in [-0.25, -0.2) is 0 Å². The lowest BCUT2D eigenvalue weighted by atomic mass is 10.3. The fourth-order valence-electron chi connectivity index (χ4n) is 1.65. The van der Waals surface area contributed by atoms with Gasteiger partial charge in [-0.05, 0) is 41.6 Å². The number of tetrazole rings is 1. The fraction of sp³-hybridized carbons (Fsp3) is 0.167. The van der Waals surface area contributed by atoms with Gasteiger partial charge in [-0.15, -0.1) is 5.10 Å². The number of rotatable bonds is 4. The highest BCUT2D eigenvalue weighted by Crippen LogP contribution is 2.23. The highest BCUT2D eigenvalue weighted by atomic mass is 32.2. The molecule has 0 bridgehead atoms. The van der Waals surface area contributed by atoms with E-state index in [2.05, 4.69) is 20.7 Å². The zero-order chi connectivity index (χ0) is 13.9. The molecule has 3 rings (SSSR count). The Morgan fingerprint density at radius 2 is 2.10 bits per heavy atom. The third-order valence-electron chi connectivity index (χ3n) is 2.56. The highest BCUT2D eigenvalue weighted by molar-refractivity contribution is 7.98. The normalized spacial score (nSPS) is 10.8. The summed E-state index contributed by atoms with van der Waals surface area (Å²) in [6.45, 7) is 1.85. The molecule has 0 aliphatic heterocycles. The van der Waals surface area contributed by atoms with Gasteiger partial charge in [-0.1, -0.05) is 16.9 Å². The van der Waals surface area contributed by atoms with Crippen molar-refractivity contribution in [3.63, 3.8) is 0 Å². The zero-order valence-electron chi connectivity index (χ0n) is 10.6. The summed E-state index contributed by atoms with van der Waals surface area (Å²) in [6, 6.07) is 8.55. The van der Waals surface area contributed by atoms with Crippen molar-refractivity contribution in [3.05, 3.63) is 41.8 Å². The maximum atomic E-state index is 9.29. The first-order valence-corrected chi connectivity index (χ1v) is 6.84. The molecule has 20 heavy (non-hydrogen) atoms. The molecule has 2 aromatic heterocycles. The maximum Gasteiger partial charge on any atom is 0.214 e. The predicted octanol–water partition coefficient (Wildman–Crippen LogP) is 1.96. The fourth-order valence-corrected chi connectivity index (χ4v) is 2.42. The molecule has 1 N–H and O–H groups in total. The van der Waals surface area contributed by atoms with Crippen LogP contribution in [0.2, 0.25) is 0 Å². The van der Waals surface area contributed by atoms with Crippen LogP contribution in [0.5, 0.6) is 5.75 Å². The van der Waals surface area contributed by atoms with Crippen molar-refractivity contribution in [1.82, 2.24) is 25.4 Å². The number of hydrogen-bond acceptors (Lipinski definition) is 7. The Kier molecular flexibility index (Phi) is 3.38. The second-order valence-corrected chi connectivity index (χ2v) is 5.05. The predicted molar refractivity (Wildman–Crippen MR) is 71.6 cm³/mol. The van der Waals surface area contributed by atoms with E-state index < -0.39 is 0 Å². The first kappa shape index (κ1) is 12.7. The molecular formula is C12H11N5O2S. The first-order chi connectivity index (χ1) is 9.72. The van der Waals surface area contributed by atoms with E-state index in [1.165, 1.54) is 11.8 Å². The molecule has 0 fully saturated rings. The van der Waals surface area contributed by atoms with Gasteiger partial charge in [0.05, 0.1) is 11.4 Å². The minimum atomic E-state index is 0.203. The van der Waals surface area contributed by atoms with Gasteiger partial charge >= 0.3 is 0 Å². The van der Waals surface area contributed by atoms with Crippen molar-refractivity contribution in [3.8, 4) is 11.4 Å². The van der Waals surface area contributed by atoms with Crippen molar-refractivity contribution in [1.29, 1.82) is 0 Å². The molecule has 0 unspecified atom stereocenters. The molecule has 0 radical (unpaired) electrons. The second-order valence-electron chi connectivity index (χ2n) is 4.11. The van der Waals surface area contributed by atoms with E-state index >= 15 is 0 Å². The lowest BCUT2D eigenvalue weighted by Gasteiger charge is -2.03. The van der Waals surface area contributed by atoms with Crippen molar-refractivity contribution in [2.24, 2.45) is 0 Å². The Balaban J connectivity index is 1.78. The molecule has 7 nitrogen and oxygen atoms in total. The van der Waals surface area contributed by atoms with Crippen molar-refractivity contribution in [2.75, 3.05) is 0 Å². The van der Waals surface area contributed by atoms with Crippen LogP contribution in [0.3, 0.4) is 0 Å². The monoisotopic (exact) mass is 289 g/mol. The number of thioether (sulfide) groups is 1. The van der Waals surface area contributed by atoms with Gasteiger partial charge in [0.15, 0.2) is 0 Å². The highest BCUT2D eigenvalue weighted by Gasteiger charge is 2.10. The Hall–Kier alpha value is -2.35. The van der Waals surface area contributed by atoms with Crippen molar-refractivity contribution < 1.29 is 9.63 Å². The summed E-state index contributed by atoms with van der Waals surface area (Å²) in [5.41, 5.74) is 1.62. The first-order valence-electron chi connectivity index (χ1n) is 5.85. The summed E-state index contributed by atoms with van der Waals surface area (Å²) in [6.07, 6.45) is 0. The van der Waals surface area contributed by atoms with E-state index in [-0.39, 0.29) is 5.75 Å². The molecule has 0 aliphatic rings. The van der Waals surface area contributed by atoms with Crippen LogP contribution in [-0.2, 0) is 5.75 Å². The van der Waals surface area contributed by atoms with E-state index in [1.54, 1.807) is 28.9 Å². The molecule has 2 heterocycles. The summed E-state index contributed by atoms with van der Waals surface area (Å²) < 4.78 is 6.62. The Morgan fingerprint density at radius 1 is 1.30 bits per heavy atom. The molecule has 102 valence electrons. The van der Waals surface area contributed by atoms with Crippen LogP contribution in [0.4, 0.5) is 0 Å². The quantitative estimate of drug-likeness (QED) is 0.734. The SMILES string of the molecule is Cc1cc(CSc2nnnn2-c2ccc(O)cc2)no1. The molecule has 0 saturated carbocycles. The molecule has 3 aromatic rings. The lowest BCUT2D eigenvalue weighted by Crippen LogP contribution is -1.98. The van der Waals surface area contributed by atoms with Crippen LogP contribution in [0.1, 0.15) is 11.5 Å². The molecule has 1 aromatic carbocycles. The Morgan fingerprint density at radius 3 is 2.80 bits per heavy atom. The third-order valence-corrected chi connectivity index (χ3v) is 3.51. The smallest absolute Gasteiger partial charge is 0.214 e.